The van der Waals surface area contributed by atoms with E-state index in [9.17, 15) is 8.42 Å². The number of nitrogens with zero attached hydrogens (tertiary/aromatic N) is 1. The Morgan fingerprint density at radius 1 is 1.38 bits per heavy atom. The van der Waals surface area contributed by atoms with Crippen molar-refractivity contribution < 1.29 is 13.2 Å². The molecule has 2 N–H and O–H groups in total. The topological polar surface area (TPSA) is 72.6 Å². The van der Waals surface area contributed by atoms with Crippen LogP contribution >= 0.6 is 0 Å². The highest BCUT2D eigenvalue weighted by molar-refractivity contribution is 7.88. The van der Waals surface area contributed by atoms with Crippen molar-refractivity contribution in [3.63, 3.8) is 0 Å². The number of nitrogens with two attached hydrogens (primary N) is 1. The minimum absolute atomic E-state index is 0.0145. The molecule has 1 aromatic carbocycles. The Morgan fingerprint density at radius 2 is 2.05 bits per heavy atom. The molecule has 0 bridgehead atoms. The van der Waals surface area contributed by atoms with Crippen molar-refractivity contribution in [2.24, 2.45) is 11.7 Å². The van der Waals surface area contributed by atoms with E-state index >= 15 is 0 Å². The van der Waals surface area contributed by atoms with Gasteiger partial charge in [0.2, 0.25) is 10.0 Å². The third-order valence-electron chi connectivity index (χ3n) is 3.84. The average Bonchev–Trinajstić information content (AvgIpc) is 2.45. The van der Waals surface area contributed by atoms with Gasteiger partial charge < -0.3 is 10.5 Å². The van der Waals surface area contributed by atoms with Crippen LogP contribution in [0.2, 0.25) is 0 Å². The number of piperidine rings is 1. The van der Waals surface area contributed by atoms with E-state index in [1.807, 2.05) is 31.2 Å². The Morgan fingerprint density at radius 3 is 2.62 bits per heavy atom. The van der Waals surface area contributed by atoms with Gasteiger partial charge in [-0.15, -0.1) is 0 Å². The maximum Gasteiger partial charge on any atom is 0.211 e. The molecule has 2 rings (SSSR count). The highest BCUT2D eigenvalue weighted by Crippen LogP contribution is 2.21. The van der Waals surface area contributed by atoms with Gasteiger partial charge in [0, 0.05) is 25.0 Å². The first-order chi connectivity index (χ1) is 9.86. The summed E-state index contributed by atoms with van der Waals surface area (Å²) in [5, 5.41) is 0. The summed E-state index contributed by atoms with van der Waals surface area (Å²) >= 11 is 0. The second kappa shape index (κ2) is 6.77. The van der Waals surface area contributed by atoms with E-state index in [1.54, 1.807) is 4.31 Å². The van der Waals surface area contributed by atoms with Gasteiger partial charge in [-0.25, -0.2) is 12.7 Å². The summed E-state index contributed by atoms with van der Waals surface area (Å²) < 4.78 is 30.5. The fourth-order valence-electron chi connectivity index (χ4n) is 2.55. The zero-order valence-corrected chi connectivity index (χ0v) is 13.5. The van der Waals surface area contributed by atoms with Gasteiger partial charge in [0.1, 0.15) is 5.75 Å². The van der Waals surface area contributed by atoms with Gasteiger partial charge in [0.25, 0.3) is 0 Å². The van der Waals surface area contributed by atoms with Crippen LogP contribution in [-0.2, 0) is 10.0 Å². The van der Waals surface area contributed by atoms with E-state index in [0.29, 0.717) is 19.7 Å². The summed E-state index contributed by atoms with van der Waals surface area (Å²) in [7, 11) is -3.09. The Kier molecular flexibility index (Phi) is 5.24. The fraction of sp³-hybridized carbons (Fsp3) is 0.600. The summed E-state index contributed by atoms with van der Waals surface area (Å²) in [5.74, 6) is 1.05. The molecule has 0 aliphatic carbocycles. The number of sulfonamides is 1. The molecule has 118 valence electrons. The number of ether oxygens (including phenoxy) is 1. The first kappa shape index (κ1) is 16.3. The van der Waals surface area contributed by atoms with Crippen LogP contribution in [0.1, 0.15) is 31.4 Å². The molecular weight excluding hydrogens is 288 g/mol. The molecule has 0 amide bonds. The molecule has 2 atom stereocenters. The third-order valence-corrected chi connectivity index (χ3v) is 5.11. The van der Waals surface area contributed by atoms with Gasteiger partial charge in [-0.2, -0.15) is 0 Å². The van der Waals surface area contributed by atoms with E-state index in [4.69, 9.17) is 10.5 Å². The monoisotopic (exact) mass is 312 g/mol. The maximum atomic E-state index is 11.6. The molecule has 0 saturated carbocycles. The SMILES string of the molecule is C[C@@H](N)c1ccc(OCC2CCCN(S(C)(=O)=O)C2)cc1. The zero-order valence-electron chi connectivity index (χ0n) is 12.7. The van der Waals surface area contributed by atoms with Gasteiger partial charge in [-0.05, 0) is 37.5 Å². The minimum atomic E-state index is -3.09. The smallest absolute Gasteiger partial charge is 0.211 e. The Balaban J connectivity index is 1.88. The second-order valence-electron chi connectivity index (χ2n) is 5.80. The van der Waals surface area contributed by atoms with E-state index in [1.165, 1.54) is 6.26 Å². The molecule has 0 spiro atoms. The molecule has 6 heteroatoms. The van der Waals surface area contributed by atoms with E-state index < -0.39 is 10.0 Å². The molecule has 1 aromatic rings. The lowest BCUT2D eigenvalue weighted by atomic mass is 10.0. The van der Waals surface area contributed by atoms with Crippen LogP contribution in [0.15, 0.2) is 24.3 Å². The number of benzene rings is 1. The number of hydrogen-bond donors (Lipinski definition) is 1. The van der Waals surface area contributed by atoms with Crippen molar-refractivity contribution in [3.05, 3.63) is 29.8 Å². The molecule has 0 radical (unpaired) electrons. The van der Waals surface area contributed by atoms with Gasteiger partial charge in [-0.1, -0.05) is 12.1 Å². The lowest BCUT2D eigenvalue weighted by Crippen LogP contribution is -2.40. The van der Waals surface area contributed by atoms with Crippen LogP contribution < -0.4 is 10.5 Å². The highest BCUT2D eigenvalue weighted by atomic mass is 32.2. The Hall–Kier alpha value is -1.11. The van der Waals surface area contributed by atoms with E-state index in [2.05, 4.69) is 0 Å². The van der Waals surface area contributed by atoms with E-state index in [-0.39, 0.29) is 12.0 Å². The normalized spacial score (nSPS) is 22.0. The van der Waals surface area contributed by atoms with Gasteiger partial charge in [0.05, 0.1) is 12.9 Å². The standard InChI is InChI=1S/C15H24N2O3S/c1-12(16)14-5-7-15(8-6-14)20-11-13-4-3-9-17(10-13)21(2,18)19/h5-8,12-13H,3-4,9-11,16H2,1-2H3/t12-,13?/m1/s1. The first-order valence-corrected chi connectivity index (χ1v) is 9.14. The molecule has 1 aliphatic rings. The largest absolute Gasteiger partial charge is 0.493 e. The number of hydrogen-bond acceptors (Lipinski definition) is 4. The van der Waals surface area contributed by atoms with Crippen LogP contribution in [-0.4, -0.2) is 38.7 Å². The summed E-state index contributed by atoms with van der Waals surface area (Å²) in [4.78, 5) is 0. The third kappa shape index (κ3) is 4.69. The fourth-order valence-corrected chi connectivity index (χ4v) is 3.49. The second-order valence-corrected chi connectivity index (χ2v) is 7.78. The molecule has 0 aromatic heterocycles. The molecule has 1 saturated heterocycles. The van der Waals surface area contributed by atoms with E-state index in [0.717, 1.165) is 24.2 Å². The van der Waals surface area contributed by atoms with Crippen LogP contribution in [0.25, 0.3) is 0 Å². The van der Waals surface area contributed by atoms with Crippen molar-refractivity contribution in [3.8, 4) is 5.75 Å². The average molecular weight is 312 g/mol. The highest BCUT2D eigenvalue weighted by Gasteiger charge is 2.26. The molecule has 1 unspecified atom stereocenters. The number of rotatable bonds is 5. The molecule has 1 heterocycles. The lowest BCUT2D eigenvalue weighted by Gasteiger charge is -2.30. The molecule has 1 aliphatic heterocycles. The predicted molar refractivity (Wildman–Crippen MR) is 83.7 cm³/mol. The summed E-state index contributed by atoms with van der Waals surface area (Å²) in [6.07, 6.45) is 3.16. The van der Waals surface area contributed by atoms with Crippen molar-refractivity contribution in [2.45, 2.75) is 25.8 Å². The summed E-state index contributed by atoms with van der Waals surface area (Å²) in [6, 6.07) is 7.76. The Bertz CT molecular complexity index is 555. The van der Waals surface area contributed by atoms with Crippen LogP contribution in [0.5, 0.6) is 5.75 Å². The van der Waals surface area contributed by atoms with Crippen molar-refractivity contribution in [1.29, 1.82) is 0 Å². The van der Waals surface area contributed by atoms with Crippen molar-refractivity contribution in [2.75, 3.05) is 26.0 Å². The predicted octanol–water partition coefficient (Wildman–Crippen LogP) is 1.76. The first-order valence-electron chi connectivity index (χ1n) is 7.29. The molecule has 5 nitrogen and oxygen atoms in total. The molecule has 21 heavy (non-hydrogen) atoms. The van der Waals surface area contributed by atoms with Gasteiger partial charge in [-0.3, -0.25) is 0 Å². The molecular formula is C15H24N2O3S. The van der Waals surface area contributed by atoms with Crippen LogP contribution in [0.4, 0.5) is 0 Å². The summed E-state index contributed by atoms with van der Waals surface area (Å²) in [6.45, 7) is 3.66. The maximum absolute atomic E-state index is 11.6. The van der Waals surface area contributed by atoms with Crippen molar-refractivity contribution >= 4 is 10.0 Å². The van der Waals surface area contributed by atoms with Gasteiger partial charge >= 0.3 is 0 Å². The molecule has 1 fully saturated rings. The van der Waals surface area contributed by atoms with Gasteiger partial charge in [0.15, 0.2) is 0 Å². The lowest BCUT2D eigenvalue weighted by molar-refractivity contribution is 0.180. The zero-order chi connectivity index (χ0) is 15.5. The Labute approximate surface area is 127 Å². The van der Waals surface area contributed by atoms with Crippen LogP contribution in [0.3, 0.4) is 0 Å². The summed E-state index contributed by atoms with van der Waals surface area (Å²) in [5.41, 5.74) is 6.88. The van der Waals surface area contributed by atoms with Crippen LogP contribution in [0, 0.1) is 5.92 Å². The minimum Gasteiger partial charge on any atom is -0.493 e. The quantitative estimate of drug-likeness (QED) is 0.899. The van der Waals surface area contributed by atoms with Crippen molar-refractivity contribution in [1.82, 2.24) is 4.31 Å².